The van der Waals surface area contributed by atoms with Gasteiger partial charge in [-0.1, -0.05) is 26.7 Å². The van der Waals surface area contributed by atoms with E-state index >= 15 is 0 Å². The van der Waals surface area contributed by atoms with Crippen molar-refractivity contribution in [1.82, 2.24) is 25.3 Å². The first-order valence-corrected chi connectivity index (χ1v) is 8.11. The van der Waals surface area contributed by atoms with Crippen molar-refractivity contribution in [3.8, 4) is 0 Å². The number of nitrogens with one attached hydrogen (secondary N) is 2. The molecule has 1 rings (SSSR count). The third-order valence-electron chi connectivity index (χ3n) is 4.32. The lowest BCUT2D eigenvalue weighted by Crippen LogP contribution is -2.47. The molecule has 0 bridgehead atoms. The van der Waals surface area contributed by atoms with Crippen LogP contribution in [0.3, 0.4) is 0 Å². The first-order valence-electron chi connectivity index (χ1n) is 8.11. The molecule has 134 valence electrons. The molecular formula is C16H33IN6. The quantitative estimate of drug-likeness (QED) is 0.372. The lowest BCUT2D eigenvalue weighted by atomic mass is 9.93. The first-order chi connectivity index (χ1) is 10.5. The summed E-state index contributed by atoms with van der Waals surface area (Å²) >= 11 is 0. The van der Waals surface area contributed by atoms with Gasteiger partial charge in [0.15, 0.2) is 5.96 Å². The monoisotopic (exact) mass is 436 g/mol. The van der Waals surface area contributed by atoms with Crippen LogP contribution >= 0.6 is 24.0 Å². The van der Waals surface area contributed by atoms with Crippen molar-refractivity contribution in [2.45, 2.75) is 39.3 Å². The Kier molecular flexibility index (Phi) is 11.2. The molecule has 1 atom stereocenters. The Bertz CT molecular complexity index is 453. The van der Waals surface area contributed by atoms with Crippen molar-refractivity contribution in [3.05, 3.63) is 18.0 Å². The molecule has 0 fully saturated rings. The first kappa shape index (κ1) is 22.2. The number of hydrogen-bond acceptors (Lipinski definition) is 3. The van der Waals surface area contributed by atoms with Gasteiger partial charge >= 0.3 is 0 Å². The van der Waals surface area contributed by atoms with Crippen LogP contribution in [-0.2, 0) is 13.6 Å². The molecule has 1 aromatic heterocycles. The Morgan fingerprint density at radius 3 is 2.39 bits per heavy atom. The number of likely N-dealkylation sites (N-methyl/N-ethyl adjacent to an activating group) is 1. The fraction of sp³-hybridized carbons (Fsp3) is 0.750. The summed E-state index contributed by atoms with van der Waals surface area (Å²) in [5.74, 6) is 1.52. The number of aromatic nitrogens is 2. The fourth-order valence-corrected chi connectivity index (χ4v) is 2.77. The Balaban J connectivity index is 0.00000484. The lowest BCUT2D eigenvalue weighted by Gasteiger charge is -2.32. The van der Waals surface area contributed by atoms with E-state index in [1.165, 1.54) is 12.8 Å². The number of aliphatic imine (C=N–C) groups is 1. The second-order valence-corrected chi connectivity index (χ2v) is 5.86. The topological polar surface area (TPSA) is 57.5 Å². The second kappa shape index (κ2) is 11.7. The van der Waals surface area contributed by atoms with Crippen LogP contribution in [0.25, 0.3) is 0 Å². The molecule has 0 spiro atoms. The average Bonchev–Trinajstić information content (AvgIpc) is 2.91. The molecule has 1 heterocycles. The van der Waals surface area contributed by atoms with Crippen LogP contribution in [0.5, 0.6) is 0 Å². The molecule has 1 unspecified atom stereocenters. The maximum absolute atomic E-state index is 4.31. The Morgan fingerprint density at radius 2 is 1.96 bits per heavy atom. The van der Waals surface area contributed by atoms with Crippen molar-refractivity contribution in [3.63, 3.8) is 0 Å². The summed E-state index contributed by atoms with van der Waals surface area (Å²) in [5, 5.41) is 11.0. The van der Waals surface area contributed by atoms with Gasteiger partial charge in [-0.25, -0.2) is 0 Å². The van der Waals surface area contributed by atoms with Crippen LogP contribution in [0.15, 0.2) is 17.3 Å². The molecule has 0 saturated heterocycles. The minimum Gasteiger partial charge on any atom is -0.355 e. The van der Waals surface area contributed by atoms with Crippen molar-refractivity contribution < 1.29 is 0 Å². The molecule has 0 amide bonds. The van der Waals surface area contributed by atoms with Gasteiger partial charge in [0.2, 0.25) is 0 Å². The molecular weight excluding hydrogens is 403 g/mol. The van der Waals surface area contributed by atoms with Crippen LogP contribution in [0.4, 0.5) is 0 Å². The van der Waals surface area contributed by atoms with Crippen molar-refractivity contribution in [1.29, 1.82) is 0 Å². The van der Waals surface area contributed by atoms with Gasteiger partial charge in [-0.05, 0) is 26.1 Å². The van der Waals surface area contributed by atoms with E-state index in [2.05, 4.69) is 53.6 Å². The van der Waals surface area contributed by atoms with Crippen LogP contribution in [-0.4, -0.2) is 54.4 Å². The summed E-state index contributed by atoms with van der Waals surface area (Å²) in [5.41, 5.74) is 1.13. The van der Waals surface area contributed by atoms with Crippen molar-refractivity contribution >= 4 is 29.9 Å². The van der Waals surface area contributed by atoms with Crippen LogP contribution in [0, 0.1) is 5.92 Å². The predicted octanol–water partition coefficient (Wildman–Crippen LogP) is 2.07. The molecule has 0 aromatic carbocycles. The third kappa shape index (κ3) is 7.07. The van der Waals surface area contributed by atoms with Gasteiger partial charge in [-0.15, -0.1) is 24.0 Å². The summed E-state index contributed by atoms with van der Waals surface area (Å²) in [6.07, 6.45) is 4.20. The average molecular weight is 436 g/mol. The summed E-state index contributed by atoms with van der Waals surface area (Å²) in [6, 6.07) is 2.51. The van der Waals surface area contributed by atoms with E-state index in [0.29, 0.717) is 18.5 Å². The largest absolute Gasteiger partial charge is 0.355 e. The van der Waals surface area contributed by atoms with Crippen molar-refractivity contribution in [2.75, 3.05) is 27.7 Å². The summed E-state index contributed by atoms with van der Waals surface area (Å²) in [6.45, 7) is 6.14. The molecule has 2 N–H and O–H groups in total. The number of rotatable bonds is 8. The van der Waals surface area contributed by atoms with Gasteiger partial charge in [0.1, 0.15) is 0 Å². The number of hydrogen-bond donors (Lipinski definition) is 2. The van der Waals surface area contributed by atoms with Gasteiger partial charge in [0, 0.05) is 32.9 Å². The maximum Gasteiger partial charge on any atom is 0.191 e. The summed E-state index contributed by atoms with van der Waals surface area (Å²) < 4.78 is 1.87. The predicted molar refractivity (Wildman–Crippen MR) is 108 cm³/mol. The molecule has 0 aliphatic carbocycles. The standard InChI is InChI=1S/C16H32N6.HI/c1-7-13(8-2)15(21(4)5)12-19-16(17-3)18-11-14-9-10-20-22(14)6;/h9-10,13,15H,7-8,11-12H2,1-6H3,(H2,17,18,19);1H. The fourth-order valence-electron chi connectivity index (χ4n) is 2.77. The van der Waals surface area contributed by atoms with Crippen LogP contribution in [0.1, 0.15) is 32.4 Å². The Morgan fingerprint density at radius 1 is 1.30 bits per heavy atom. The zero-order valence-corrected chi connectivity index (χ0v) is 17.7. The van der Waals surface area contributed by atoms with Gasteiger partial charge in [0.05, 0.1) is 12.2 Å². The second-order valence-electron chi connectivity index (χ2n) is 5.86. The number of halogens is 1. The minimum atomic E-state index is 0. The molecule has 1 aromatic rings. The molecule has 0 saturated carbocycles. The number of guanidine groups is 1. The van der Waals surface area contributed by atoms with Gasteiger partial charge in [-0.3, -0.25) is 9.67 Å². The molecule has 0 aliphatic rings. The highest BCUT2D eigenvalue weighted by molar-refractivity contribution is 14.0. The van der Waals surface area contributed by atoms with Crippen molar-refractivity contribution in [2.24, 2.45) is 18.0 Å². The Labute approximate surface area is 158 Å². The Hall–Kier alpha value is -0.830. The molecule has 7 heteroatoms. The van der Waals surface area contributed by atoms with E-state index in [1.54, 1.807) is 7.05 Å². The maximum atomic E-state index is 4.31. The molecule has 23 heavy (non-hydrogen) atoms. The SMILES string of the molecule is CCC(CC)C(CNC(=NC)NCc1ccnn1C)N(C)C.I. The zero-order valence-electron chi connectivity index (χ0n) is 15.3. The third-order valence-corrected chi connectivity index (χ3v) is 4.32. The van der Waals surface area contributed by atoms with Gasteiger partial charge in [-0.2, -0.15) is 5.10 Å². The molecule has 0 radical (unpaired) electrons. The highest BCUT2D eigenvalue weighted by Crippen LogP contribution is 2.16. The van der Waals surface area contributed by atoms with Crippen LogP contribution < -0.4 is 10.6 Å². The normalized spacial score (nSPS) is 13.1. The number of nitrogens with zero attached hydrogens (tertiary/aromatic N) is 4. The van der Waals surface area contributed by atoms with E-state index < -0.39 is 0 Å². The minimum absolute atomic E-state index is 0. The van der Waals surface area contributed by atoms with E-state index in [9.17, 15) is 0 Å². The summed E-state index contributed by atoms with van der Waals surface area (Å²) in [4.78, 5) is 6.61. The van der Waals surface area contributed by atoms with E-state index in [0.717, 1.165) is 18.2 Å². The van der Waals surface area contributed by atoms with E-state index in [-0.39, 0.29) is 24.0 Å². The smallest absolute Gasteiger partial charge is 0.191 e. The van der Waals surface area contributed by atoms with Gasteiger partial charge < -0.3 is 15.5 Å². The van der Waals surface area contributed by atoms with E-state index in [1.807, 2.05) is 24.0 Å². The lowest BCUT2D eigenvalue weighted by molar-refractivity contribution is 0.200. The summed E-state index contributed by atoms with van der Waals surface area (Å²) in [7, 11) is 8.05. The zero-order chi connectivity index (χ0) is 16.5. The van der Waals surface area contributed by atoms with Crippen LogP contribution in [0.2, 0.25) is 0 Å². The number of aryl methyl sites for hydroxylation is 1. The highest BCUT2D eigenvalue weighted by atomic mass is 127. The molecule has 0 aliphatic heterocycles. The van der Waals surface area contributed by atoms with Gasteiger partial charge in [0.25, 0.3) is 0 Å². The highest BCUT2D eigenvalue weighted by Gasteiger charge is 2.20. The molecule has 6 nitrogen and oxygen atoms in total. The van der Waals surface area contributed by atoms with E-state index in [4.69, 9.17) is 0 Å².